The fraction of sp³-hybridized carbons (Fsp3) is 0.600. The van der Waals surface area contributed by atoms with Crippen molar-refractivity contribution >= 4 is 0 Å². The summed E-state index contributed by atoms with van der Waals surface area (Å²) in [5.41, 5.74) is 2.84. The third-order valence-electron chi connectivity index (χ3n) is 4.24. The Labute approximate surface area is 103 Å². The van der Waals surface area contributed by atoms with Crippen LogP contribution in [0.1, 0.15) is 49.3 Å². The van der Waals surface area contributed by atoms with Gasteiger partial charge in [-0.1, -0.05) is 12.5 Å². The van der Waals surface area contributed by atoms with Crippen LogP contribution in [-0.4, -0.2) is 23.1 Å². The van der Waals surface area contributed by atoms with Crippen LogP contribution in [0.3, 0.4) is 0 Å². The first-order valence-corrected chi connectivity index (χ1v) is 6.90. The second-order valence-corrected chi connectivity index (χ2v) is 5.39. The molecule has 1 heterocycles. The van der Waals surface area contributed by atoms with E-state index in [4.69, 9.17) is 0 Å². The van der Waals surface area contributed by atoms with E-state index in [0.717, 1.165) is 6.42 Å². The lowest BCUT2D eigenvalue weighted by Crippen LogP contribution is -2.35. The van der Waals surface area contributed by atoms with Gasteiger partial charge in [0, 0.05) is 6.04 Å². The van der Waals surface area contributed by atoms with Crippen LogP contribution in [0.25, 0.3) is 0 Å². The van der Waals surface area contributed by atoms with Crippen molar-refractivity contribution in [2.24, 2.45) is 0 Å². The summed E-state index contributed by atoms with van der Waals surface area (Å²) in [7, 11) is 0. The first-order valence-electron chi connectivity index (χ1n) is 6.90. The third-order valence-corrected chi connectivity index (χ3v) is 4.24. The van der Waals surface area contributed by atoms with Gasteiger partial charge in [0.25, 0.3) is 0 Å². The Morgan fingerprint density at radius 1 is 1.06 bits per heavy atom. The lowest BCUT2D eigenvalue weighted by molar-refractivity contribution is 0.148. The third kappa shape index (κ3) is 2.19. The van der Waals surface area contributed by atoms with Gasteiger partial charge in [0.1, 0.15) is 5.75 Å². The number of likely N-dealkylation sites (tertiary alicyclic amines) is 1. The summed E-state index contributed by atoms with van der Waals surface area (Å²) in [6, 6.07) is 6.56. The standard InChI is InChI=1S/C15H21NO/c17-13-7-8-14-12(11-13)5-4-6-15(14)16-9-2-1-3-10-16/h7-8,11,15,17H,1-6,9-10H2. The van der Waals surface area contributed by atoms with Crippen molar-refractivity contribution in [1.82, 2.24) is 4.90 Å². The average Bonchev–Trinajstić information content (AvgIpc) is 2.39. The lowest BCUT2D eigenvalue weighted by Gasteiger charge is -2.38. The molecule has 0 spiro atoms. The second-order valence-electron chi connectivity index (χ2n) is 5.39. The second kappa shape index (κ2) is 4.69. The molecule has 1 unspecified atom stereocenters. The fourth-order valence-electron chi connectivity index (χ4n) is 3.38. The smallest absolute Gasteiger partial charge is 0.115 e. The highest BCUT2D eigenvalue weighted by Crippen LogP contribution is 2.36. The summed E-state index contributed by atoms with van der Waals surface area (Å²) in [6.45, 7) is 2.51. The summed E-state index contributed by atoms with van der Waals surface area (Å²) in [4.78, 5) is 2.65. The van der Waals surface area contributed by atoms with Gasteiger partial charge in [-0.25, -0.2) is 0 Å². The van der Waals surface area contributed by atoms with Crippen molar-refractivity contribution in [2.75, 3.05) is 13.1 Å². The zero-order valence-corrected chi connectivity index (χ0v) is 10.4. The molecule has 1 aromatic carbocycles. The van der Waals surface area contributed by atoms with E-state index in [1.165, 1.54) is 56.3 Å². The number of phenols is 1. The highest BCUT2D eigenvalue weighted by Gasteiger charge is 2.26. The van der Waals surface area contributed by atoms with Gasteiger partial charge in [0.05, 0.1) is 0 Å². The maximum absolute atomic E-state index is 9.57. The number of aryl methyl sites for hydroxylation is 1. The predicted molar refractivity (Wildman–Crippen MR) is 69.2 cm³/mol. The topological polar surface area (TPSA) is 23.5 Å². The number of rotatable bonds is 1. The van der Waals surface area contributed by atoms with E-state index in [-0.39, 0.29) is 0 Å². The summed E-state index contributed by atoms with van der Waals surface area (Å²) in [5, 5.41) is 9.57. The minimum absolute atomic E-state index is 0.419. The summed E-state index contributed by atoms with van der Waals surface area (Å²) < 4.78 is 0. The normalized spacial score (nSPS) is 25.5. The number of benzene rings is 1. The van der Waals surface area contributed by atoms with E-state index in [1.807, 2.05) is 12.1 Å². The Kier molecular flexibility index (Phi) is 3.06. The number of phenolic OH excluding ortho intramolecular Hbond substituents is 1. The first-order chi connectivity index (χ1) is 8.34. The van der Waals surface area contributed by atoms with Gasteiger partial charge in [-0.2, -0.15) is 0 Å². The maximum atomic E-state index is 9.57. The maximum Gasteiger partial charge on any atom is 0.115 e. The van der Waals surface area contributed by atoms with Gasteiger partial charge in [0.15, 0.2) is 0 Å². The molecule has 0 amide bonds. The molecule has 1 aliphatic carbocycles. The molecular formula is C15H21NO. The van der Waals surface area contributed by atoms with Crippen molar-refractivity contribution in [3.8, 4) is 5.75 Å². The number of fused-ring (bicyclic) bond motifs is 1. The van der Waals surface area contributed by atoms with Gasteiger partial charge in [0.2, 0.25) is 0 Å². The molecule has 0 aromatic heterocycles. The summed E-state index contributed by atoms with van der Waals surface area (Å²) >= 11 is 0. The van der Waals surface area contributed by atoms with Gasteiger partial charge in [-0.15, -0.1) is 0 Å². The highest BCUT2D eigenvalue weighted by molar-refractivity contribution is 5.38. The van der Waals surface area contributed by atoms with E-state index < -0.39 is 0 Å². The van der Waals surface area contributed by atoms with Crippen LogP contribution in [0.5, 0.6) is 5.75 Å². The molecule has 1 aliphatic heterocycles. The highest BCUT2D eigenvalue weighted by atomic mass is 16.3. The van der Waals surface area contributed by atoms with Crippen molar-refractivity contribution in [3.05, 3.63) is 29.3 Å². The van der Waals surface area contributed by atoms with E-state index in [1.54, 1.807) is 0 Å². The number of hydrogen-bond donors (Lipinski definition) is 1. The minimum atomic E-state index is 0.419. The van der Waals surface area contributed by atoms with Gasteiger partial charge < -0.3 is 5.11 Å². The molecule has 1 fully saturated rings. The Balaban J connectivity index is 1.88. The Bertz CT molecular complexity index is 396. The SMILES string of the molecule is Oc1ccc2c(c1)CCCC2N1CCCCC1. The van der Waals surface area contributed by atoms with E-state index in [9.17, 15) is 5.11 Å². The van der Waals surface area contributed by atoms with Crippen LogP contribution < -0.4 is 0 Å². The van der Waals surface area contributed by atoms with Crippen LogP contribution in [0, 0.1) is 0 Å². The predicted octanol–water partition coefficient (Wildman–Crippen LogP) is 3.26. The summed E-state index contributed by atoms with van der Waals surface area (Å²) in [5.74, 6) is 0.419. The molecule has 1 N–H and O–H groups in total. The number of aromatic hydroxyl groups is 1. The molecule has 2 heteroatoms. The van der Waals surface area contributed by atoms with Crippen LogP contribution in [0.15, 0.2) is 18.2 Å². The largest absolute Gasteiger partial charge is 0.508 e. The quantitative estimate of drug-likeness (QED) is 0.802. The molecule has 17 heavy (non-hydrogen) atoms. The number of nitrogens with zero attached hydrogens (tertiary/aromatic N) is 1. The van der Waals surface area contributed by atoms with Crippen molar-refractivity contribution in [1.29, 1.82) is 0 Å². The summed E-state index contributed by atoms with van der Waals surface area (Å²) in [6.07, 6.45) is 7.78. The molecule has 92 valence electrons. The van der Waals surface area contributed by atoms with Crippen LogP contribution in [-0.2, 0) is 6.42 Å². The molecule has 1 atom stereocenters. The minimum Gasteiger partial charge on any atom is -0.508 e. The lowest BCUT2D eigenvalue weighted by atomic mass is 9.86. The van der Waals surface area contributed by atoms with Crippen LogP contribution in [0.2, 0.25) is 0 Å². The molecule has 1 saturated heterocycles. The number of piperidine rings is 1. The number of hydrogen-bond acceptors (Lipinski definition) is 2. The molecule has 1 aromatic rings. The Hall–Kier alpha value is -1.02. The van der Waals surface area contributed by atoms with Gasteiger partial charge >= 0.3 is 0 Å². The average molecular weight is 231 g/mol. The Morgan fingerprint density at radius 2 is 1.88 bits per heavy atom. The van der Waals surface area contributed by atoms with Crippen molar-refractivity contribution in [2.45, 2.75) is 44.6 Å². The van der Waals surface area contributed by atoms with Gasteiger partial charge in [-0.3, -0.25) is 4.90 Å². The molecule has 0 bridgehead atoms. The van der Waals surface area contributed by atoms with Gasteiger partial charge in [-0.05, 0) is 68.5 Å². The Morgan fingerprint density at radius 3 is 2.71 bits per heavy atom. The van der Waals surface area contributed by atoms with Crippen LogP contribution >= 0.6 is 0 Å². The van der Waals surface area contributed by atoms with Crippen molar-refractivity contribution < 1.29 is 5.11 Å². The molecule has 3 rings (SSSR count). The monoisotopic (exact) mass is 231 g/mol. The molecule has 2 nitrogen and oxygen atoms in total. The zero-order chi connectivity index (χ0) is 11.7. The molecule has 2 aliphatic rings. The van der Waals surface area contributed by atoms with E-state index >= 15 is 0 Å². The van der Waals surface area contributed by atoms with E-state index in [2.05, 4.69) is 11.0 Å². The molecule has 0 radical (unpaired) electrons. The first kappa shape index (κ1) is 11.1. The molecular weight excluding hydrogens is 210 g/mol. The van der Waals surface area contributed by atoms with E-state index in [0.29, 0.717) is 11.8 Å². The van der Waals surface area contributed by atoms with Crippen LogP contribution in [0.4, 0.5) is 0 Å². The zero-order valence-electron chi connectivity index (χ0n) is 10.4. The molecule has 0 saturated carbocycles. The fourth-order valence-corrected chi connectivity index (χ4v) is 3.38. The van der Waals surface area contributed by atoms with Crippen molar-refractivity contribution in [3.63, 3.8) is 0 Å².